The van der Waals surface area contributed by atoms with Crippen LogP contribution in [0.2, 0.25) is 0 Å². The van der Waals surface area contributed by atoms with Gasteiger partial charge in [0, 0.05) is 30.4 Å². The Bertz CT molecular complexity index is 882. The fourth-order valence-corrected chi connectivity index (χ4v) is 3.93. The lowest BCUT2D eigenvalue weighted by atomic mass is 10.1. The first-order chi connectivity index (χ1) is 13.5. The van der Waals surface area contributed by atoms with Gasteiger partial charge in [-0.3, -0.25) is 14.9 Å². The number of piperidine rings is 1. The van der Waals surface area contributed by atoms with Crippen molar-refractivity contribution in [1.29, 1.82) is 0 Å². The minimum atomic E-state index is -2.30. The van der Waals surface area contributed by atoms with Gasteiger partial charge in [-0.2, -0.15) is 0 Å². The molecule has 2 aromatic rings. The van der Waals surface area contributed by atoms with Crippen molar-refractivity contribution in [2.24, 2.45) is 4.99 Å². The number of hydrogen-bond donors (Lipinski definition) is 3. The monoisotopic (exact) mass is 475 g/mol. The van der Waals surface area contributed by atoms with Gasteiger partial charge in [0.25, 0.3) is 0 Å². The number of hydroxylamine groups is 1. The number of amidine groups is 1. The topological polar surface area (TPSA) is 139 Å². The van der Waals surface area contributed by atoms with Gasteiger partial charge < -0.3 is 9.87 Å². The number of rotatable bonds is 6. The molecule has 1 fully saturated rings. The molecule has 2 heterocycles. The van der Waals surface area contributed by atoms with Crippen LogP contribution < -0.4 is 10.8 Å². The van der Waals surface area contributed by atoms with Crippen molar-refractivity contribution in [3.63, 3.8) is 0 Å². The van der Waals surface area contributed by atoms with E-state index in [1.807, 2.05) is 5.48 Å². The molecule has 152 valence electrons. The van der Waals surface area contributed by atoms with Crippen LogP contribution in [0, 0.1) is 5.82 Å². The summed E-state index contributed by atoms with van der Waals surface area (Å²) in [5.41, 5.74) is 2.36. The van der Waals surface area contributed by atoms with Crippen LogP contribution in [0.25, 0.3) is 0 Å². The molecule has 0 saturated carbocycles. The third-order valence-electron chi connectivity index (χ3n) is 4.23. The van der Waals surface area contributed by atoms with Crippen molar-refractivity contribution < 1.29 is 23.0 Å². The van der Waals surface area contributed by atoms with Gasteiger partial charge in [-0.1, -0.05) is 6.42 Å². The maximum Gasteiger partial charge on any atom is 0.202 e. The van der Waals surface area contributed by atoms with Crippen molar-refractivity contribution in [1.82, 2.24) is 20.1 Å². The van der Waals surface area contributed by atoms with E-state index in [4.69, 9.17) is 4.63 Å². The Labute approximate surface area is 170 Å². The number of anilines is 1. The highest BCUT2D eigenvalue weighted by Crippen LogP contribution is 2.24. The Morgan fingerprint density at radius 3 is 3.04 bits per heavy atom. The van der Waals surface area contributed by atoms with Crippen LogP contribution in [0.1, 0.15) is 25.0 Å². The van der Waals surface area contributed by atoms with Crippen molar-refractivity contribution >= 4 is 44.5 Å². The molecule has 1 saturated heterocycles. The summed E-state index contributed by atoms with van der Waals surface area (Å²) in [5.74, 6) is -0.338. The van der Waals surface area contributed by atoms with Gasteiger partial charge in [-0.25, -0.2) is 18.3 Å². The van der Waals surface area contributed by atoms with Gasteiger partial charge in [-0.15, -0.1) is 0 Å². The van der Waals surface area contributed by atoms with E-state index in [1.165, 1.54) is 22.5 Å². The summed E-state index contributed by atoms with van der Waals surface area (Å²) in [4.78, 5) is 4.17. The maximum atomic E-state index is 13.4. The second-order valence-electron chi connectivity index (χ2n) is 6.02. The molecule has 1 aromatic carbocycles. The lowest BCUT2D eigenvalue weighted by Crippen LogP contribution is -2.44. The van der Waals surface area contributed by atoms with Crippen LogP contribution in [-0.4, -0.2) is 53.6 Å². The predicted octanol–water partition coefficient (Wildman–Crippen LogP) is 2.09. The van der Waals surface area contributed by atoms with E-state index in [-0.39, 0.29) is 34.4 Å². The highest BCUT2D eigenvalue weighted by Gasteiger charge is 2.24. The molecule has 0 bridgehead atoms. The summed E-state index contributed by atoms with van der Waals surface area (Å²) in [7, 11) is 0. The van der Waals surface area contributed by atoms with Crippen LogP contribution in [0.5, 0.6) is 0 Å². The molecule has 13 heteroatoms. The average molecular weight is 476 g/mol. The second kappa shape index (κ2) is 9.52. The smallest absolute Gasteiger partial charge is 0.202 e. The number of hydrogen-bond acceptors (Lipinski definition) is 8. The Kier molecular flexibility index (Phi) is 7.07. The second-order valence-corrected chi connectivity index (χ2v) is 7.78. The molecule has 1 aliphatic heterocycles. The van der Waals surface area contributed by atoms with Gasteiger partial charge in [-0.05, 0) is 57.3 Å². The third kappa shape index (κ3) is 4.91. The molecule has 10 nitrogen and oxygen atoms in total. The van der Waals surface area contributed by atoms with E-state index >= 15 is 0 Å². The van der Waals surface area contributed by atoms with E-state index in [0.717, 1.165) is 12.8 Å². The summed E-state index contributed by atoms with van der Waals surface area (Å²) in [6.07, 6.45) is 2.46. The summed E-state index contributed by atoms with van der Waals surface area (Å²) >= 11 is 0.762. The van der Waals surface area contributed by atoms with Crippen LogP contribution in [0.4, 0.5) is 15.9 Å². The Morgan fingerprint density at radius 1 is 1.50 bits per heavy atom. The molecular weight excluding hydrogens is 459 g/mol. The molecule has 3 N–H and O–H groups in total. The minimum absolute atomic E-state index is 0.0739. The van der Waals surface area contributed by atoms with Gasteiger partial charge in [0.05, 0.1) is 10.2 Å². The largest absolute Gasteiger partial charge is 0.760 e. The first-order valence-electron chi connectivity index (χ1n) is 8.36. The summed E-state index contributed by atoms with van der Waals surface area (Å²) in [5, 5.41) is 19.9. The van der Waals surface area contributed by atoms with Crippen molar-refractivity contribution in [2.45, 2.75) is 25.3 Å². The number of benzene rings is 1. The van der Waals surface area contributed by atoms with E-state index in [2.05, 4.69) is 36.6 Å². The standard InChI is InChI=1S/C15H18BrFN6O4S/c16-11-7-9(4-5-12(11)17)19-15(20-24)13-14(22-27-21-13)18-8-10-3-1-2-6-23(10)28(25)26/h4-5,7,10,24H,1-3,6,8H2,(H,18,22)(H,19,20)(H,25,26)/p-1. The van der Waals surface area contributed by atoms with Crippen LogP contribution in [0.3, 0.4) is 0 Å². The van der Waals surface area contributed by atoms with Gasteiger partial charge >= 0.3 is 0 Å². The van der Waals surface area contributed by atoms with Crippen molar-refractivity contribution in [3.8, 4) is 0 Å². The Hall–Kier alpha value is -1.93. The predicted molar refractivity (Wildman–Crippen MR) is 101 cm³/mol. The molecule has 0 radical (unpaired) electrons. The molecule has 1 aliphatic rings. The summed E-state index contributed by atoms with van der Waals surface area (Å²) < 4.78 is 42.4. The first-order valence-corrected chi connectivity index (χ1v) is 10.2. The highest BCUT2D eigenvalue weighted by molar-refractivity contribution is 9.10. The number of aromatic nitrogens is 2. The van der Waals surface area contributed by atoms with Crippen molar-refractivity contribution in [2.75, 3.05) is 18.4 Å². The van der Waals surface area contributed by atoms with Crippen LogP contribution >= 0.6 is 15.9 Å². The normalized spacial score (nSPS) is 19.4. The minimum Gasteiger partial charge on any atom is -0.760 e. The average Bonchev–Trinajstić information content (AvgIpc) is 3.15. The zero-order valence-corrected chi connectivity index (χ0v) is 16.9. The Morgan fingerprint density at radius 2 is 2.32 bits per heavy atom. The highest BCUT2D eigenvalue weighted by atomic mass is 79.9. The molecule has 0 aliphatic carbocycles. The Balaban J connectivity index is 1.76. The molecular formula is C15H17BrFN6O4S-. The molecule has 0 amide bonds. The van der Waals surface area contributed by atoms with Crippen LogP contribution in [0.15, 0.2) is 32.3 Å². The molecule has 2 atom stereocenters. The first kappa shape index (κ1) is 20.8. The zero-order valence-electron chi connectivity index (χ0n) is 14.5. The summed E-state index contributed by atoms with van der Waals surface area (Å²) in [6, 6.07) is 3.84. The fraction of sp³-hybridized carbons (Fsp3) is 0.400. The number of aliphatic imine (C=N–C) groups is 1. The number of nitrogens with zero attached hydrogens (tertiary/aromatic N) is 4. The SMILES string of the molecule is O=S([O-])N1CCCCC1CNc1nonc1C(=Nc1ccc(F)c(Br)c1)NO. The number of nitrogens with one attached hydrogen (secondary N) is 2. The lowest BCUT2D eigenvalue weighted by molar-refractivity contribution is 0.234. The maximum absolute atomic E-state index is 13.4. The molecule has 28 heavy (non-hydrogen) atoms. The molecule has 1 aromatic heterocycles. The van der Waals surface area contributed by atoms with E-state index < -0.39 is 17.1 Å². The quantitative estimate of drug-likeness (QED) is 0.249. The van der Waals surface area contributed by atoms with Gasteiger partial charge in [0.15, 0.2) is 11.5 Å². The van der Waals surface area contributed by atoms with E-state index in [1.54, 1.807) is 0 Å². The summed E-state index contributed by atoms with van der Waals surface area (Å²) in [6.45, 7) is 0.757. The fourth-order valence-electron chi connectivity index (χ4n) is 2.86. The number of halogens is 2. The zero-order chi connectivity index (χ0) is 20.1. The van der Waals surface area contributed by atoms with Gasteiger partial charge in [0.1, 0.15) is 5.82 Å². The lowest BCUT2D eigenvalue weighted by Gasteiger charge is -2.36. The van der Waals surface area contributed by atoms with Crippen molar-refractivity contribution in [3.05, 3.63) is 34.2 Å². The van der Waals surface area contributed by atoms with E-state index in [9.17, 15) is 18.4 Å². The molecule has 2 unspecified atom stereocenters. The van der Waals surface area contributed by atoms with E-state index in [0.29, 0.717) is 18.7 Å². The molecule has 3 rings (SSSR count). The molecule has 0 spiro atoms. The van der Waals surface area contributed by atoms with Crippen LogP contribution in [-0.2, 0) is 11.3 Å². The van der Waals surface area contributed by atoms with Gasteiger partial charge in [0.2, 0.25) is 5.82 Å². The third-order valence-corrected chi connectivity index (χ3v) is 5.70.